The summed E-state index contributed by atoms with van der Waals surface area (Å²) in [4.78, 5) is 21.5. The van der Waals surface area contributed by atoms with Crippen LogP contribution in [-0.4, -0.2) is 56.6 Å². The summed E-state index contributed by atoms with van der Waals surface area (Å²) in [6, 6.07) is 9.84. The fourth-order valence-electron chi connectivity index (χ4n) is 3.54. The molecule has 0 aliphatic carbocycles. The molecule has 2 aromatic heterocycles. The van der Waals surface area contributed by atoms with Crippen molar-refractivity contribution in [3.63, 3.8) is 0 Å². The number of fused-ring (bicyclic) bond motifs is 1. The summed E-state index contributed by atoms with van der Waals surface area (Å²) < 4.78 is 2.00. The van der Waals surface area contributed by atoms with Gasteiger partial charge in [-0.15, -0.1) is 10.2 Å². The number of carbonyl (C=O) groups excluding carboxylic acids is 1. The molecule has 1 amide bonds. The maximum absolute atomic E-state index is 12.7. The molecule has 0 bridgehead atoms. The Hall–Kier alpha value is -2.96. The number of nitrogens with zero attached hydrogens (tertiary/aromatic N) is 6. The number of hydrogen-bond donors (Lipinski definition) is 0. The SMILES string of the molecule is CCc1nnc2nc(N3CCN(C(=O)c4ccc(C)cc4)CC3)cc(C)n12. The molecule has 1 aliphatic rings. The zero-order valence-corrected chi connectivity index (χ0v) is 16.0. The zero-order valence-electron chi connectivity index (χ0n) is 16.0. The molecule has 0 N–H and O–H groups in total. The Labute approximate surface area is 158 Å². The Morgan fingerprint density at radius 2 is 1.74 bits per heavy atom. The number of anilines is 1. The van der Waals surface area contributed by atoms with Gasteiger partial charge in [0.2, 0.25) is 0 Å². The van der Waals surface area contributed by atoms with Crippen molar-refractivity contribution in [3.05, 3.63) is 53.0 Å². The molecule has 7 heteroatoms. The van der Waals surface area contributed by atoms with Crippen molar-refractivity contribution in [2.24, 2.45) is 0 Å². The molecule has 4 rings (SSSR count). The summed E-state index contributed by atoms with van der Waals surface area (Å²) in [7, 11) is 0. The van der Waals surface area contributed by atoms with E-state index < -0.39 is 0 Å². The fourth-order valence-corrected chi connectivity index (χ4v) is 3.54. The molecule has 1 aromatic carbocycles. The third-order valence-electron chi connectivity index (χ3n) is 5.12. The maximum atomic E-state index is 12.7. The smallest absolute Gasteiger partial charge is 0.257 e. The highest BCUT2D eigenvalue weighted by Crippen LogP contribution is 2.19. The van der Waals surface area contributed by atoms with E-state index >= 15 is 0 Å². The first-order valence-electron chi connectivity index (χ1n) is 9.39. The molecule has 0 spiro atoms. The summed E-state index contributed by atoms with van der Waals surface area (Å²) in [5.41, 5.74) is 2.99. The second-order valence-electron chi connectivity index (χ2n) is 7.01. The number of amides is 1. The molecule has 0 atom stereocenters. The van der Waals surface area contributed by atoms with Crippen molar-refractivity contribution >= 4 is 17.5 Å². The van der Waals surface area contributed by atoms with Gasteiger partial charge in [-0.2, -0.15) is 4.98 Å². The predicted molar refractivity (Wildman–Crippen MR) is 104 cm³/mol. The minimum Gasteiger partial charge on any atom is -0.353 e. The third-order valence-corrected chi connectivity index (χ3v) is 5.12. The van der Waals surface area contributed by atoms with Crippen LogP contribution >= 0.6 is 0 Å². The standard InChI is InChI=1S/C20H24N6O/c1-4-17-22-23-20-21-18(13-15(3)26(17)20)24-9-11-25(12-10-24)19(27)16-7-5-14(2)6-8-16/h5-8,13H,4,9-12H2,1-3H3. The Morgan fingerprint density at radius 3 is 2.41 bits per heavy atom. The van der Waals surface area contributed by atoms with Crippen molar-refractivity contribution in [1.82, 2.24) is 24.5 Å². The normalized spacial score (nSPS) is 14.8. The summed E-state index contributed by atoms with van der Waals surface area (Å²) in [6.07, 6.45) is 0.822. The van der Waals surface area contributed by atoms with Gasteiger partial charge in [0.25, 0.3) is 11.7 Å². The van der Waals surface area contributed by atoms with Crippen molar-refractivity contribution in [3.8, 4) is 0 Å². The van der Waals surface area contributed by atoms with Crippen LogP contribution < -0.4 is 4.90 Å². The van der Waals surface area contributed by atoms with E-state index in [0.29, 0.717) is 18.9 Å². The summed E-state index contributed by atoms with van der Waals surface area (Å²) in [5.74, 6) is 2.56. The first kappa shape index (κ1) is 17.5. The average molecular weight is 364 g/mol. The average Bonchev–Trinajstić information content (AvgIpc) is 3.12. The number of rotatable bonds is 3. The lowest BCUT2D eigenvalue weighted by Gasteiger charge is -2.35. The number of benzene rings is 1. The molecular weight excluding hydrogens is 340 g/mol. The van der Waals surface area contributed by atoms with Crippen LogP contribution in [-0.2, 0) is 6.42 Å². The van der Waals surface area contributed by atoms with E-state index in [9.17, 15) is 4.79 Å². The van der Waals surface area contributed by atoms with Crippen LogP contribution in [0.25, 0.3) is 5.78 Å². The molecule has 3 aromatic rings. The number of piperazine rings is 1. The van der Waals surface area contributed by atoms with Gasteiger partial charge in [0.1, 0.15) is 11.6 Å². The van der Waals surface area contributed by atoms with Gasteiger partial charge in [-0.25, -0.2) is 0 Å². The topological polar surface area (TPSA) is 66.6 Å². The number of hydrogen-bond acceptors (Lipinski definition) is 5. The van der Waals surface area contributed by atoms with Crippen LogP contribution in [0.15, 0.2) is 30.3 Å². The highest BCUT2D eigenvalue weighted by molar-refractivity contribution is 5.94. The van der Waals surface area contributed by atoms with E-state index in [-0.39, 0.29) is 5.91 Å². The second kappa shape index (κ2) is 6.98. The van der Waals surface area contributed by atoms with E-state index in [1.54, 1.807) is 0 Å². The lowest BCUT2D eigenvalue weighted by atomic mass is 10.1. The lowest BCUT2D eigenvalue weighted by molar-refractivity contribution is 0.0746. The third kappa shape index (κ3) is 3.25. The predicted octanol–water partition coefficient (Wildman–Crippen LogP) is 2.27. The highest BCUT2D eigenvalue weighted by Gasteiger charge is 2.23. The van der Waals surface area contributed by atoms with Crippen molar-refractivity contribution in [2.45, 2.75) is 27.2 Å². The molecule has 7 nitrogen and oxygen atoms in total. The van der Waals surface area contributed by atoms with Crippen LogP contribution in [0.1, 0.15) is 34.4 Å². The lowest BCUT2D eigenvalue weighted by Crippen LogP contribution is -2.49. The minimum atomic E-state index is 0.0966. The molecule has 0 unspecified atom stereocenters. The zero-order chi connectivity index (χ0) is 19.0. The molecule has 27 heavy (non-hydrogen) atoms. The molecule has 140 valence electrons. The Bertz CT molecular complexity index is 970. The highest BCUT2D eigenvalue weighted by atomic mass is 16.2. The van der Waals surface area contributed by atoms with Crippen molar-refractivity contribution < 1.29 is 4.79 Å². The van der Waals surface area contributed by atoms with Crippen LogP contribution in [0.5, 0.6) is 0 Å². The van der Waals surface area contributed by atoms with Gasteiger partial charge in [0.15, 0.2) is 0 Å². The molecule has 1 aliphatic heterocycles. The monoisotopic (exact) mass is 364 g/mol. The van der Waals surface area contributed by atoms with Gasteiger partial charge in [0, 0.05) is 49.9 Å². The number of aryl methyl sites for hydroxylation is 3. The molecule has 1 fully saturated rings. The van der Waals surface area contributed by atoms with Gasteiger partial charge in [-0.3, -0.25) is 9.20 Å². The quantitative estimate of drug-likeness (QED) is 0.713. The number of carbonyl (C=O) groups is 1. The molecule has 3 heterocycles. The Balaban J connectivity index is 1.48. The van der Waals surface area contributed by atoms with E-state index in [1.807, 2.05) is 40.5 Å². The van der Waals surface area contributed by atoms with Crippen LogP contribution in [0.2, 0.25) is 0 Å². The maximum Gasteiger partial charge on any atom is 0.257 e. The Kier molecular flexibility index (Phi) is 4.51. The van der Waals surface area contributed by atoms with E-state index in [1.165, 1.54) is 0 Å². The summed E-state index contributed by atoms with van der Waals surface area (Å²) in [6.45, 7) is 9.03. The van der Waals surface area contributed by atoms with Crippen LogP contribution in [0, 0.1) is 13.8 Å². The first-order valence-corrected chi connectivity index (χ1v) is 9.39. The van der Waals surface area contributed by atoms with Crippen molar-refractivity contribution in [1.29, 1.82) is 0 Å². The largest absolute Gasteiger partial charge is 0.353 e. The van der Waals surface area contributed by atoms with Gasteiger partial charge >= 0.3 is 0 Å². The van der Waals surface area contributed by atoms with Gasteiger partial charge in [-0.05, 0) is 26.0 Å². The fraction of sp³-hybridized carbons (Fsp3) is 0.400. The second-order valence-corrected chi connectivity index (χ2v) is 7.01. The molecular formula is C20H24N6O. The number of aromatic nitrogens is 4. The summed E-state index contributed by atoms with van der Waals surface area (Å²) >= 11 is 0. The van der Waals surface area contributed by atoms with E-state index in [2.05, 4.69) is 40.0 Å². The van der Waals surface area contributed by atoms with E-state index in [0.717, 1.165) is 48.0 Å². The van der Waals surface area contributed by atoms with Gasteiger partial charge in [-0.1, -0.05) is 24.6 Å². The van der Waals surface area contributed by atoms with Crippen molar-refractivity contribution in [2.75, 3.05) is 31.1 Å². The molecule has 0 radical (unpaired) electrons. The van der Waals surface area contributed by atoms with E-state index in [4.69, 9.17) is 0 Å². The van der Waals surface area contributed by atoms with Crippen LogP contribution in [0.3, 0.4) is 0 Å². The minimum absolute atomic E-state index is 0.0966. The molecule has 1 saturated heterocycles. The van der Waals surface area contributed by atoms with Crippen LogP contribution in [0.4, 0.5) is 5.82 Å². The Morgan fingerprint density at radius 1 is 1.04 bits per heavy atom. The molecule has 0 saturated carbocycles. The first-order chi connectivity index (χ1) is 13.1. The summed E-state index contributed by atoms with van der Waals surface area (Å²) in [5, 5.41) is 8.42. The van der Waals surface area contributed by atoms with Gasteiger partial charge in [0.05, 0.1) is 0 Å². The van der Waals surface area contributed by atoms with Gasteiger partial charge < -0.3 is 9.80 Å².